The van der Waals surface area contributed by atoms with Crippen molar-refractivity contribution >= 4 is 11.6 Å². The SMILES string of the molecule is NCCC1c2cc(F)ccc2-c2c(Cl)cccc21. The van der Waals surface area contributed by atoms with Crippen LogP contribution in [0.25, 0.3) is 11.1 Å². The highest BCUT2D eigenvalue weighted by molar-refractivity contribution is 6.33. The van der Waals surface area contributed by atoms with Gasteiger partial charge in [0.1, 0.15) is 5.82 Å². The van der Waals surface area contributed by atoms with Crippen LogP contribution in [-0.4, -0.2) is 6.54 Å². The minimum atomic E-state index is -0.209. The Morgan fingerprint density at radius 1 is 1.17 bits per heavy atom. The molecule has 0 saturated carbocycles. The van der Waals surface area contributed by atoms with Gasteiger partial charge in [0.15, 0.2) is 0 Å². The van der Waals surface area contributed by atoms with Gasteiger partial charge in [-0.05, 0) is 47.9 Å². The summed E-state index contributed by atoms with van der Waals surface area (Å²) in [5.74, 6) is -0.0471. The smallest absolute Gasteiger partial charge is 0.123 e. The lowest BCUT2D eigenvalue weighted by atomic mass is 9.94. The van der Waals surface area contributed by atoms with Crippen molar-refractivity contribution in [2.75, 3.05) is 6.54 Å². The van der Waals surface area contributed by atoms with E-state index in [1.807, 2.05) is 18.2 Å². The normalized spacial score (nSPS) is 16.5. The van der Waals surface area contributed by atoms with E-state index in [9.17, 15) is 4.39 Å². The summed E-state index contributed by atoms with van der Waals surface area (Å²) in [6, 6.07) is 10.8. The second-order valence-corrected chi connectivity index (χ2v) is 4.97. The van der Waals surface area contributed by atoms with Crippen molar-refractivity contribution in [3.63, 3.8) is 0 Å². The van der Waals surface area contributed by atoms with E-state index in [-0.39, 0.29) is 11.7 Å². The lowest BCUT2D eigenvalue weighted by Gasteiger charge is -2.12. The molecule has 0 saturated heterocycles. The molecule has 0 aromatic heterocycles. The number of rotatable bonds is 2. The fourth-order valence-corrected chi connectivity index (χ4v) is 3.09. The minimum absolute atomic E-state index is 0.161. The quantitative estimate of drug-likeness (QED) is 0.871. The summed E-state index contributed by atoms with van der Waals surface area (Å²) in [5, 5.41) is 0.722. The van der Waals surface area contributed by atoms with Gasteiger partial charge in [-0.3, -0.25) is 0 Å². The molecule has 18 heavy (non-hydrogen) atoms. The molecular weight excluding hydrogens is 249 g/mol. The van der Waals surface area contributed by atoms with Crippen molar-refractivity contribution in [3.05, 3.63) is 58.4 Å². The van der Waals surface area contributed by atoms with E-state index in [0.717, 1.165) is 33.7 Å². The molecular formula is C15H13ClFN. The maximum Gasteiger partial charge on any atom is 0.123 e. The number of hydrogen-bond acceptors (Lipinski definition) is 1. The molecule has 0 heterocycles. The van der Waals surface area contributed by atoms with Gasteiger partial charge in [0.2, 0.25) is 0 Å². The fraction of sp³-hybridized carbons (Fsp3) is 0.200. The van der Waals surface area contributed by atoms with Crippen molar-refractivity contribution in [2.45, 2.75) is 12.3 Å². The van der Waals surface area contributed by atoms with Gasteiger partial charge in [0, 0.05) is 16.5 Å². The lowest BCUT2D eigenvalue weighted by Crippen LogP contribution is -2.06. The molecule has 1 aliphatic carbocycles. The van der Waals surface area contributed by atoms with Crippen LogP contribution < -0.4 is 5.73 Å². The molecule has 2 N–H and O–H groups in total. The van der Waals surface area contributed by atoms with Gasteiger partial charge in [-0.15, -0.1) is 0 Å². The van der Waals surface area contributed by atoms with Crippen LogP contribution in [0.15, 0.2) is 36.4 Å². The molecule has 3 rings (SSSR count). The fourth-order valence-electron chi connectivity index (χ4n) is 2.81. The first-order valence-corrected chi connectivity index (χ1v) is 6.38. The maximum atomic E-state index is 13.4. The van der Waals surface area contributed by atoms with Crippen LogP contribution in [0.4, 0.5) is 4.39 Å². The van der Waals surface area contributed by atoms with Crippen LogP contribution in [0.2, 0.25) is 5.02 Å². The van der Waals surface area contributed by atoms with Crippen molar-refractivity contribution in [3.8, 4) is 11.1 Å². The Balaban J connectivity index is 2.27. The molecule has 1 atom stereocenters. The number of nitrogens with two attached hydrogens (primary N) is 1. The van der Waals surface area contributed by atoms with Gasteiger partial charge in [0.25, 0.3) is 0 Å². The molecule has 3 heteroatoms. The Hall–Kier alpha value is -1.38. The summed E-state index contributed by atoms with van der Waals surface area (Å²) in [5.41, 5.74) is 9.91. The lowest BCUT2D eigenvalue weighted by molar-refractivity contribution is 0.622. The first-order chi connectivity index (χ1) is 8.72. The number of halogens is 2. The average molecular weight is 262 g/mol. The average Bonchev–Trinajstić information content (AvgIpc) is 2.66. The monoisotopic (exact) mass is 261 g/mol. The highest BCUT2D eigenvalue weighted by Crippen LogP contribution is 2.49. The van der Waals surface area contributed by atoms with Gasteiger partial charge in [-0.25, -0.2) is 4.39 Å². The van der Waals surface area contributed by atoms with Gasteiger partial charge in [-0.2, -0.15) is 0 Å². The maximum absolute atomic E-state index is 13.4. The number of hydrogen-bond donors (Lipinski definition) is 1. The van der Waals surface area contributed by atoms with Gasteiger partial charge in [0.05, 0.1) is 0 Å². The molecule has 0 aliphatic heterocycles. The third-order valence-electron chi connectivity index (χ3n) is 3.53. The number of fused-ring (bicyclic) bond motifs is 3. The highest BCUT2D eigenvalue weighted by atomic mass is 35.5. The molecule has 1 unspecified atom stereocenters. The van der Waals surface area contributed by atoms with Crippen LogP contribution in [0.3, 0.4) is 0 Å². The predicted octanol–water partition coefficient (Wildman–Crippen LogP) is 3.94. The Morgan fingerprint density at radius 2 is 2.00 bits per heavy atom. The Kier molecular flexibility index (Phi) is 2.84. The molecule has 2 aromatic carbocycles. The molecule has 0 fully saturated rings. The summed E-state index contributed by atoms with van der Waals surface area (Å²) < 4.78 is 13.4. The summed E-state index contributed by atoms with van der Waals surface area (Å²) >= 11 is 6.28. The first kappa shape index (κ1) is 11.7. The van der Waals surface area contributed by atoms with Crippen molar-refractivity contribution in [1.82, 2.24) is 0 Å². The standard InChI is InChI=1S/C15H13ClFN/c16-14-3-1-2-11-10(6-7-18)13-8-9(17)4-5-12(13)15(11)14/h1-5,8,10H,6-7,18H2. The molecule has 92 valence electrons. The minimum Gasteiger partial charge on any atom is -0.330 e. The predicted molar refractivity (Wildman–Crippen MR) is 72.4 cm³/mol. The molecule has 0 bridgehead atoms. The van der Waals surface area contributed by atoms with E-state index in [1.165, 1.54) is 6.07 Å². The Bertz CT molecular complexity index is 609. The van der Waals surface area contributed by atoms with E-state index in [1.54, 1.807) is 6.07 Å². The Labute approximate surface area is 110 Å². The summed E-state index contributed by atoms with van der Waals surface area (Å²) in [6.07, 6.45) is 0.809. The third-order valence-corrected chi connectivity index (χ3v) is 3.85. The zero-order valence-electron chi connectivity index (χ0n) is 9.79. The summed E-state index contributed by atoms with van der Waals surface area (Å²) in [7, 11) is 0. The topological polar surface area (TPSA) is 26.0 Å². The van der Waals surface area contributed by atoms with E-state index in [0.29, 0.717) is 6.54 Å². The molecule has 0 amide bonds. The van der Waals surface area contributed by atoms with Crippen LogP contribution >= 0.6 is 11.6 Å². The molecule has 1 nitrogen and oxygen atoms in total. The van der Waals surface area contributed by atoms with Crippen molar-refractivity contribution < 1.29 is 4.39 Å². The van der Waals surface area contributed by atoms with Gasteiger partial charge < -0.3 is 5.73 Å². The molecule has 2 aromatic rings. The molecule has 0 spiro atoms. The summed E-state index contributed by atoms with van der Waals surface area (Å²) in [4.78, 5) is 0. The zero-order chi connectivity index (χ0) is 12.7. The zero-order valence-corrected chi connectivity index (χ0v) is 10.5. The second kappa shape index (κ2) is 4.38. The van der Waals surface area contributed by atoms with E-state index in [2.05, 4.69) is 6.07 Å². The van der Waals surface area contributed by atoms with E-state index in [4.69, 9.17) is 17.3 Å². The van der Waals surface area contributed by atoms with Gasteiger partial charge in [-0.1, -0.05) is 29.8 Å². The highest BCUT2D eigenvalue weighted by Gasteiger charge is 2.29. The van der Waals surface area contributed by atoms with E-state index >= 15 is 0 Å². The molecule has 0 radical (unpaired) electrons. The summed E-state index contributed by atoms with van der Waals surface area (Å²) in [6.45, 7) is 0.576. The Morgan fingerprint density at radius 3 is 2.78 bits per heavy atom. The van der Waals surface area contributed by atoms with Crippen LogP contribution in [0, 0.1) is 5.82 Å². The van der Waals surface area contributed by atoms with Crippen LogP contribution in [-0.2, 0) is 0 Å². The van der Waals surface area contributed by atoms with Crippen molar-refractivity contribution in [2.24, 2.45) is 5.73 Å². The largest absolute Gasteiger partial charge is 0.330 e. The second-order valence-electron chi connectivity index (χ2n) is 4.57. The third kappa shape index (κ3) is 1.64. The molecule has 1 aliphatic rings. The van der Waals surface area contributed by atoms with E-state index < -0.39 is 0 Å². The van der Waals surface area contributed by atoms with Gasteiger partial charge >= 0.3 is 0 Å². The first-order valence-electron chi connectivity index (χ1n) is 6.00. The van der Waals surface area contributed by atoms with Crippen molar-refractivity contribution in [1.29, 1.82) is 0 Å². The number of benzene rings is 2. The van der Waals surface area contributed by atoms with Crippen LogP contribution in [0.5, 0.6) is 0 Å². The van der Waals surface area contributed by atoms with Crippen LogP contribution in [0.1, 0.15) is 23.5 Å².